The Morgan fingerprint density at radius 3 is 2.18 bits per heavy atom. The molecular formula is C15H16F4N2S. The topological polar surface area (TPSA) is 16.1 Å². The van der Waals surface area contributed by atoms with Crippen molar-refractivity contribution in [2.45, 2.75) is 26.6 Å². The lowest BCUT2D eigenvalue weighted by atomic mass is 10.1. The summed E-state index contributed by atoms with van der Waals surface area (Å²) < 4.78 is 51.8. The van der Waals surface area contributed by atoms with Gasteiger partial charge in [0.2, 0.25) is 0 Å². The Morgan fingerprint density at radius 1 is 1.09 bits per heavy atom. The van der Waals surface area contributed by atoms with Gasteiger partial charge in [-0.05, 0) is 37.4 Å². The van der Waals surface area contributed by atoms with Gasteiger partial charge in [-0.2, -0.15) is 13.2 Å². The summed E-state index contributed by atoms with van der Waals surface area (Å²) in [7, 11) is 0. The van der Waals surface area contributed by atoms with Crippen LogP contribution >= 0.6 is 11.3 Å². The molecule has 7 heteroatoms. The molecule has 22 heavy (non-hydrogen) atoms. The quantitative estimate of drug-likeness (QED) is 0.731. The zero-order valence-electron chi connectivity index (χ0n) is 12.2. The Morgan fingerprint density at radius 2 is 1.68 bits per heavy atom. The number of nitrogens with zero attached hydrogens (tertiary/aromatic N) is 2. The lowest BCUT2D eigenvalue weighted by Crippen LogP contribution is -2.21. The van der Waals surface area contributed by atoms with Gasteiger partial charge in [0.25, 0.3) is 0 Å². The zero-order valence-corrected chi connectivity index (χ0v) is 13.1. The van der Waals surface area contributed by atoms with Crippen LogP contribution in [0.5, 0.6) is 0 Å². The molecule has 0 N–H and O–H groups in total. The van der Waals surface area contributed by atoms with Crippen LogP contribution in [0, 0.1) is 5.82 Å². The summed E-state index contributed by atoms with van der Waals surface area (Å²) in [5.41, 5.74) is 0.777. The van der Waals surface area contributed by atoms with Gasteiger partial charge in [-0.15, -0.1) is 11.3 Å². The molecule has 0 saturated carbocycles. The Labute approximate surface area is 130 Å². The number of rotatable bonds is 5. The number of hydrogen-bond acceptors (Lipinski definition) is 3. The number of thiazole rings is 1. The molecule has 0 radical (unpaired) electrons. The summed E-state index contributed by atoms with van der Waals surface area (Å²) in [6.07, 6.45) is -4.47. The molecule has 1 aromatic carbocycles. The van der Waals surface area contributed by atoms with Crippen LogP contribution in [0.3, 0.4) is 0 Å². The van der Waals surface area contributed by atoms with E-state index in [1.807, 2.05) is 18.7 Å². The maximum Gasteiger partial charge on any atom is 0.443 e. The Bertz CT molecular complexity index is 615. The first-order chi connectivity index (χ1) is 10.3. The lowest BCUT2D eigenvalue weighted by Gasteiger charge is -2.17. The second-order valence-corrected chi connectivity index (χ2v) is 5.84. The van der Waals surface area contributed by atoms with Gasteiger partial charge < -0.3 is 0 Å². The normalized spacial score (nSPS) is 12.1. The van der Waals surface area contributed by atoms with Crippen LogP contribution in [0.4, 0.5) is 17.6 Å². The minimum absolute atomic E-state index is 0.282. The molecule has 0 unspecified atom stereocenters. The van der Waals surface area contributed by atoms with Crippen molar-refractivity contribution in [2.75, 3.05) is 13.1 Å². The van der Waals surface area contributed by atoms with Gasteiger partial charge >= 0.3 is 6.18 Å². The van der Waals surface area contributed by atoms with Crippen molar-refractivity contribution in [2.24, 2.45) is 0 Å². The number of halogens is 4. The fraction of sp³-hybridized carbons (Fsp3) is 0.400. The lowest BCUT2D eigenvalue weighted by molar-refractivity contribution is -0.137. The molecule has 2 aromatic rings. The van der Waals surface area contributed by atoms with Crippen molar-refractivity contribution in [3.8, 4) is 11.3 Å². The monoisotopic (exact) mass is 332 g/mol. The molecule has 2 rings (SSSR count). The highest BCUT2D eigenvalue weighted by molar-refractivity contribution is 7.12. The van der Waals surface area contributed by atoms with Crippen molar-refractivity contribution >= 4 is 11.3 Å². The van der Waals surface area contributed by atoms with Crippen LogP contribution < -0.4 is 0 Å². The van der Waals surface area contributed by atoms with Crippen molar-refractivity contribution in [3.63, 3.8) is 0 Å². The third kappa shape index (κ3) is 3.84. The molecule has 0 fully saturated rings. The van der Waals surface area contributed by atoms with Crippen LogP contribution in [0.1, 0.15) is 23.7 Å². The SMILES string of the molecule is CCN(CC)Cc1sc(C(F)(F)F)nc1-c1ccc(F)cc1. The minimum Gasteiger partial charge on any atom is -0.299 e. The fourth-order valence-electron chi connectivity index (χ4n) is 2.06. The molecule has 120 valence electrons. The Hall–Kier alpha value is -1.47. The van der Waals surface area contributed by atoms with Gasteiger partial charge in [0.05, 0.1) is 5.69 Å². The highest BCUT2D eigenvalue weighted by atomic mass is 32.1. The van der Waals surface area contributed by atoms with Crippen LogP contribution in [0.2, 0.25) is 0 Å². The summed E-state index contributed by atoms with van der Waals surface area (Å²) >= 11 is 0.653. The summed E-state index contributed by atoms with van der Waals surface area (Å²) in [5, 5.41) is -0.867. The number of aromatic nitrogens is 1. The molecule has 0 spiro atoms. The summed E-state index contributed by atoms with van der Waals surface area (Å²) in [5.74, 6) is -0.430. The highest BCUT2D eigenvalue weighted by Gasteiger charge is 2.36. The average Bonchev–Trinajstić information content (AvgIpc) is 2.89. The van der Waals surface area contributed by atoms with E-state index in [1.54, 1.807) is 0 Å². The third-order valence-corrected chi connectivity index (χ3v) is 4.40. The second-order valence-electron chi connectivity index (χ2n) is 4.76. The van der Waals surface area contributed by atoms with Gasteiger partial charge in [-0.25, -0.2) is 9.37 Å². The van der Waals surface area contributed by atoms with Gasteiger partial charge in [0.15, 0.2) is 5.01 Å². The molecule has 0 amide bonds. The molecule has 0 aliphatic rings. The van der Waals surface area contributed by atoms with Crippen molar-refractivity contribution in [3.05, 3.63) is 40.0 Å². The van der Waals surface area contributed by atoms with Crippen LogP contribution in [-0.4, -0.2) is 23.0 Å². The van der Waals surface area contributed by atoms with Gasteiger partial charge in [0.1, 0.15) is 5.82 Å². The predicted octanol–water partition coefficient (Wildman–Crippen LogP) is 4.81. The maximum absolute atomic E-state index is 13.0. The van der Waals surface area contributed by atoms with E-state index < -0.39 is 17.0 Å². The van der Waals surface area contributed by atoms with Gasteiger partial charge in [-0.1, -0.05) is 13.8 Å². The van der Waals surface area contributed by atoms with Gasteiger partial charge in [-0.3, -0.25) is 4.90 Å². The standard InChI is InChI=1S/C15H16F4N2S/c1-3-21(4-2)9-12-13(10-5-7-11(16)8-6-10)20-14(22-12)15(17,18)19/h5-8H,3-4,9H2,1-2H3. The van der Waals surface area contributed by atoms with Crippen molar-refractivity contribution in [1.29, 1.82) is 0 Å². The number of hydrogen-bond donors (Lipinski definition) is 0. The maximum atomic E-state index is 13.0. The molecule has 1 aromatic heterocycles. The Balaban J connectivity index is 2.45. The number of benzene rings is 1. The second kappa shape index (κ2) is 6.75. The Kier molecular flexibility index (Phi) is 5.18. The smallest absolute Gasteiger partial charge is 0.299 e. The van der Waals surface area contributed by atoms with E-state index in [2.05, 4.69) is 4.98 Å². The third-order valence-electron chi connectivity index (χ3n) is 3.32. The predicted molar refractivity (Wildman–Crippen MR) is 79.1 cm³/mol. The number of alkyl halides is 3. The summed E-state index contributed by atoms with van der Waals surface area (Å²) in [6, 6.07) is 5.36. The molecule has 1 heterocycles. The molecule has 0 aliphatic carbocycles. The van der Waals surface area contributed by atoms with E-state index in [-0.39, 0.29) is 5.69 Å². The van der Waals surface area contributed by atoms with Crippen LogP contribution in [0.25, 0.3) is 11.3 Å². The first-order valence-electron chi connectivity index (χ1n) is 6.90. The van der Waals surface area contributed by atoms with E-state index in [1.165, 1.54) is 24.3 Å². The molecule has 0 bridgehead atoms. The van der Waals surface area contributed by atoms with Crippen molar-refractivity contribution < 1.29 is 17.6 Å². The zero-order chi connectivity index (χ0) is 16.3. The average molecular weight is 332 g/mol. The van der Waals surface area contributed by atoms with E-state index in [0.29, 0.717) is 28.3 Å². The largest absolute Gasteiger partial charge is 0.443 e. The fourth-order valence-corrected chi connectivity index (χ4v) is 3.06. The summed E-state index contributed by atoms with van der Waals surface area (Å²) in [4.78, 5) is 6.31. The molecule has 0 atom stereocenters. The molecule has 0 saturated heterocycles. The van der Waals surface area contributed by atoms with Crippen molar-refractivity contribution in [1.82, 2.24) is 9.88 Å². The molecular weight excluding hydrogens is 316 g/mol. The van der Waals surface area contributed by atoms with E-state index in [4.69, 9.17) is 0 Å². The van der Waals surface area contributed by atoms with Crippen LogP contribution in [-0.2, 0) is 12.7 Å². The molecule has 0 aliphatic heterocycles. The van der Waals surface area contributed by atoms with Gasteiger partial charge in [0, 0.05) is 17.0 Å². The first kappa shape index (κ1) is 16.9. The molecule has 2 nitrogen and oxygen atoms in total. The van der Waals surface area contributed by atoms with E-state index >= 15 is 0 Å². The summed E-state index contributed by atoms with van der Waals surface area (Å²) in [6.45, 7) is 5.77. The van der Waals surface area contributed by atoms with Crippen LogP contribution in [0.15, 0.2) is 24.3 Å². The highest BCUT2D eigenvalue weighted by Crippen LogP contribution is 2.38. The van der Waals surface area contributed by atoms with E-state index in [9.17, 15) is 17.6 Å². The minimum atomic E-state index is -4.47. The first-order valence-corrected chi connectivity index (χ1v) is 7.72. The van der Waals surface area contributed by atoms with E-state index in [0.717, 1.165) is 13.1 Å².